The monoisotopic (exact) mass is 314 g/mol. The van der Waals surface area contributed by atoms with Gasteiger partial charge in [-0.1, -0.05) is 11.6 Å². The molecule has 1 fully saturated rings. The molecule has 0 unspecified atom stereocenters. The third-order valence-corrected chi connectivity index (χ3v) is 3.22. The van der Waals surface area contributed by atoms with E-state index in [4.69, 9.17) is 11.6 Å². The molecule has 0 amide bonds. The number of pyridine rings is 1. The highest BCUT2D eigenvalue weighted by Crippen LogP contribution is 2.38. The maximum Gasteiger partial charge on any atom is 0.395 e. The molecule has 16 heavy (non-hydrogen) atoms. The van der Waals surface area contributed by atoms with E-state index in [9.17, 15) is 13.2 Å². The van der Waals surface area contributed by atoms with Crippen LogP contribution in [0.3, 0.4) is 0 Å². The SMILES string of the molecule is FC(F)(F)C1CN(c2ncc(Cl)cc2Br)C1. The molecule has 1 saturated heterocycles. The minimum atomic E-state index is -4.12. The van der Waals surface area contributed by atoms with Crippen molar-refractivity contribution in [1.82, 2.24) is 4.98 Å². The van der Waals surface area contributed by atoms with E-state index in [0.717, 1.165) is 0 Å². The van der Waals surface area contributed by atoms with Gasteiger partial charge in [-0.3, -0.25) is 0 Å². The summed E-state index contributed by atoms with van der Waals surface area (Å²) >= 11 is 8.92. The molecule has 2 heterocycles. The summed E-state index contributed by atoms with van der Waals surface area (Å²) in [5.41, 5.74) is 0. The number of anilines is 1. The van der Waals surface area contributed by atoms with Gasteiger partial charge in [-0.15, -0.1) is 0 Å². The molecule has 2 rings (SSSR count). The molecule has 2 nitrogen and oxygen atoms in total. The Morgan fingerprint density at radius 3 is 2.56 bits per heavy atom. The quantitative estimate of drug-likeness (QED) is 0.788. The molecule has 7 heteroatoms. The summed E-state index contributed by atoms with van der Waals surface area (Å²) in [5, 5.41) is 0.448. The fourth-order valence-electron chi connectivity index (χ4n) is 1.50. The molecule has 1 aromatic heterocycles. The molecule has 0 atom stereocenters. The Bertz CT molecular complexity index is 404. The lowest BCUT2D eigenvalue weighted by atomic mass is 10.00. The highest BCUT2D eigenvalue weighted by atomic mass is 79.9. The van der Waals surface area contributed by atoms with E-state index in [1.807, 2.05) is 0 Å². The fourth-order valence-corrected chi connectivity index (χ4v) is 2.39. The number of rotatable bonds is 1. The van der Waals surface area contributed by atoms with Crippen LogP contribution in [0.15, 0.2) is 16.7 Å². The Morgan fingerprint density at radius 1 is 1.44 bits per heavy atom. The van der Waals surface area contributed by atoms with Gasteiger partial charge >= 0.3 is 6.18 Å². The van der Waals surface area contributed by atoms with Gasteiger partial charge in [0.15, 0.2) is 0 Å². The molecule has 1 aliphatic rings. The van der Waals surface area contributed by atoms with Gasteiger partial charge < -0.3 is 4.90 Å². The lowest BCUT2D eigenvalue weighted by molar-refractivity contribution is -0.180. The first-order chi connectivity index (χ1) is 7.38. The Labute approximate surface area is 104 Å². The van der Waals surface area contributed by atoms with Gasteiger partial charge in [0.25, 0.3) is 0 Å². The van der Waals surface area contributed by atoms with Gasteiger partial charge in [0, 0.05) is 19.3 Å². The summed E-state index contributed by atoms with van der Waals surface area (Å²) in [6, 6.07) is 1.62. The van der Waals surface area contributed by atoms with Crippen LogP contribution in [-0.2, 0) is 0 Å². The second kappa shape index (κ2) is 4.07. The lowest BCUT2D eigenvalue weighted by Crippen LogP contribution is -2.53. The van der Waals surface area contributed by atoms with Crippen molar-refractivity contribution in [3.63, 3.8) is 0 Å². The summed E-state index contributed by atoms with van der Waals surface area (Å²) in [4.78, 5) is 5.56. The summed E-state index contributed by atoms with van der Waals surface area (Å²) < 4.78 is 37.4. The summed E-state index contributed by atoms with van der Waals surface area (Å²) in [7, 11) is 0. The van der Waals surface area contributed by atoms with Crippen molar-refractivity contribution in [3.05, 3.63) is 21.8 Å². The van der Waals surface area contributed by atoms with Crippen molar-refractivity contribution >= 4 is 33.3 Å². The largest absolute Gasteiger partial charge is 0.395 e. The number of aromatic nitrogens is 1. The van der Waals surface area contributed by atoms with Crippen molar-refractivity contribution in [3.8, 4) is 0 Å². The van der Waals surface area contributed by atoms with Gasteiger partial charge in [0.05, 0.1) is 15.4 Å². The summed E-state index contributed by atoms with van der Waals surface area (Å²) in [6.07, 6.45) is -2.70. The van der Waals surface area contributed by atoms with Crippen LogP contribution in [-0.4, -0.2) is 24.2 Å². The van der Waals surface area contributed by atoms with Gasteiger partial charge in [0.1, 0.15) is 5.82 Å². The first kappa shape index (κ1) is 12.0. The van der Waals surface area contributed by atoms with E-state index in [-0.39, 0.29) is 13.1 Å². The van der Waals surface area contributed by atoms with Crippen LogP contribution >= 0.6 is 27.5 Å². The van der Waals surface area contributed by atoms with Crippen molar-refractivity contribution in [2.75, 3.05) is 18.0 Å². The maximum absolute atomic E-state index is 12.3. The third kappa shape index (κ3) is 2.27. The minimum Gasteiger partial charge on any atom is -0.354 e. The number of hydrogen-bond donors (Lipinski definition) is 0. The van der Waals surface area contributed by atoms with E-state index in [2.05, 4.69) is 20.9 Å². The molecular weight excluding hydrogens is 308 g/mol. The van der Waals surface area contributed by atoms with Crippen LogP contribution in [0.1, 0.15) is 0 Å². The Balaban J connectivity index is 2.07. The topological polar surface area (TPSA) is 16.1 Å². The van der Waals surface area contributed by atoms with Crippen molar-refractivity contribution in [2.45, 2.75) is 6.18 Å². The van der Waals surface area contributed by atoms with Gasteiger partial charge in [-0.05, 0) is 22.0 Å². The zero-order chi connectivity index (χ0) is 11.9. The van der Waals surface area contributed by atoms with Crippen LogP contribution in [0, 0.1) is 5.92 Å². The number of alkyl halides is 3. The average Bonchev–Trinajstić information content (AvgIpc) is 2.03. The second-order valence-corrected chi connectivity index (χ2v) is 4.89. The van der Waals surface area contributed by atoms with E-state index >= 15 is 0 Å². The number of hydrogen-bond acceptors (Lipinski definition) is 2. The summed E-state index contributed by atoms with van der Waals surface area (Å²) in [5.74, 6) is -0.748. The van der Waals surface area contributed by atoms with Crippen LogP contribution < -0.4 is 4.90 Å². The lowest BCUT2D eigenvalue weighted by Gasteiger charge is -2.41. The molecule has 0 bridgehead atoms. The standard InChI is InChI=1S/C9H7BrClF3N2/c10-7-1-6(11)2-15-8(7)16-3-5(4-16)9(12,13)14/h1-2,5H,3-4H2. The normalized spacial score (nSPS) is 17.4. The molecule has 0 saturated carbocycles. The van der Waals surface area contributed by atoms with Crippen molar-refractivity contribution < 1.29 is 13.2 Å². The molecule has 0 spiro atoms. The van der Waals surface area contributed by atoms with Gasteiger partial charge in [0.2, 0.25) is 0 Å². The predicted octanol–water partition coefficient (Wildman–Crippen LogP) is 3.50. The molecule has 0 aromatic carbocycles. The predicted molar refractivity (Wildman–Crippen MR) is 58.7 cm³/mol. The van der Waals surface area contributed by atoms with Crippen LogP contribution in [0.2, 0.25) is 5.02 Å². The summed E-state index contributed by atoms with van der Waals surface area (Å²) in [6.45, 7) is -0.0898. The van der Waals surface area contributed by atoms with Crippen LogP contribution in [0.4, 0.5) is 19.0 Å². The Morgan fingerprint density at radius 2 is 2.06 bits per heavy atom. The van der Waals surface area contributed by atoms with Crippen LogP contribution in [0.25, 0.3) is 0 Å². The second-order valence-electron chi connectivity index (χ2n) is 3.60. The maximum atomic E-state index is 12.3. The third-order valence-electron chi connectivity index (χ3n) is 2.43. The minimum absolute atomic E-state index is 0.0449. The fraction of sp³-hybridized carbons (Fsp3) is 0.444. The van der Waals surface area contributed by atoms with E-state index in [1.54, 1.807) is 11.0 Å². The smallest absolute Gasteiger partial charge is 0.354 e. The highest BCUT2D eigenvalue weighted by molar-refractivity contribution is 9.10. The zero-order valence-corrected chi connectivity index (χ0v) is 10.3. The molecular formula is C9H7BrClF3N2. The zero-order valence-electron chi connectivity index (χ0n) is 7.93. The molecule has 1 aromatic rings. The molecule has 88 valence electrons. The first-order valence-electron chi connectivity index (χ1n) is 4.50. The Hall–Kier alpha value is -0.490. The average molecular weight is 316 g/mol. The van der Waals surface area contributed by atoms with E-state index < -0.39 is 12.1 Å². The van der Waals surface area contributed by atoms with Crippen molar-refractivity contribution in [2.24, 2.45) is 5.92 Å². The van der Waals surface area contributed by atoms with Gasteiger partial charge in [-0.2, -0.15) is 13.2 Å². The van der Waals surface area contributed by atoms with E-state index in [0.29, 0.717) is 15.3 Å². The number of nitrogens with zero attached hydrogens (tertiary/aromatic N) is 2. The molecule has 0 N–H and O–H groups in total. The van der Waals surface area contributed by atoms with Crippen LogP contribution in [0.5, 0.6) is 0 Å². The molecule has 0 aliphatic carbocycles. The first-order valence-corrected chi connectivity index (χ1v) is 5.67. The highest BCUT2D eigenvalue weighted by Gasteiger charge is 2.47. The van der Waals surface area contributed by atoms with Gasteiger partial charge in [-0.25, -0.2) is 4.98 Å². The molecule has 1 aliphatic heterocycles. The molecule has 0 radical (unpaired) electrons. The Kier molecular flexibility index (Phi) is 3.05. The van der Waals surface area contributed by atoms with E-state index in [1.165, 1.54) is 6.20 Å². The van der Waals surface area contributed by atoms with Crippen molar-refractivity contribution in [1.29, 1.82) is 0 Å². The number of halogens is 5.